The predicted molar refractivity (Wildman–Crippen MR) is 108 cm³/mol. The molecule has 2 heterocycles. The Morgan fingerprint density at radius 2 is 1.73 bits per heavy atom. The Hall–Kier alpha value is -2.45. The zero-order valence-electron chi connectivity index (χ0n) is 16.0. The first-order valence-corrected chi connectivity index (χ1v) is 9.23. The summed E-state index contributed by atoms with van der Waals surface area (Å²) in [6, 6.07) is 18.2. The molecule has 1 aliphatic heterocycles. The highest BCUT2D eigenvalue weighted by molar-refractivity contribution is 5.79. The van der Waals surface area contributed by atoms with E-state index >= 15 is 0 Å². The summed E-state index contributed by atoms with van der Waals surface area (Å²) >= 11 is 0. The van der Waals surface area contributed by atoms with E-state index in [9.17, 15) is 0 Å². The maximum Gasteiger partial charge on any atom is 0.213 e. The third-order valence-electron chi connectivity index (χ3n) is 5.60. The van der Waals surface area contributed by atoms with Gasteiger partial charge in [0.05, 0.1) is 12.2 Å². The number of hydrogen-bond acceptors (Lipinski definition) is 1. The molecule has 0 amide bonds. The van der Waals surface area contributed by atoms with Crippen molar-refractivity contribution in [2.75, 3.05) is 13.7 Å². The number of ether oxygens (including phenoxy) is 1. The minimum Gasteiger partial charge on any atom is -0.380 e. The highest BCUT2D eigenvalue weighted by atomic mass is 16.5. The number of pyridine rings is 1. The van der Waals surface area contributed by atoms with Gasteiger partial charge in [0.2, 0.25) is 11.2 Å². The summed E-state index contributed by atoms with van der Waals surface area (Å²) in [5.41, 5.74) is 8.95. The van der Waals surface area contributed by atoms with Crippen molar-refractivity contribution in [2.24, 2.45) is 0 Å². The zero-order chi connectivity index (χ0) is 18.4. The summed E-state index contributed by atoms with van der Waals surface area (Å²) in [7, 11) is 1.74. The van der Waals surface area contributed by atoms with Crippen LogP contribution < -0.4 is 4.57 Å². The van der Waals surface area contributed by atoms with Crippen molar-refractivity contribution >= 4 is 10.9 Å². The zero-order valence-corrected chi connectivity index (χ0v) is 16.0. The third kappa shape index (κ3) is 2.57. The smallest absolute Gasteiger partial charge is 0.213 e. The fourth-order valence-electron chi connectivity index (χ4n) is 4.39. The second-order valence-electron chi connectivity index (χ2n) is 7.57. The number of hydrogen-bond donors (Lipinski definition) is 0. The molecule has 2 atom stereocenters. The first-order chi connectivity index (χ1) is 12.5. The molecule has 1 aromatic heterocycles. The molecule has 0 aliphatic carbocycles. The van der Waals surface area contributed by atoms with E-state index in [0.717, 1.165) is 5.57 Å². The van der Waals surface area contributed by atoms with Crippen molar-refractivity contribution in [3.8, 4) is 11.3 Å². The summed E-state index contributed by atoms with van der Waals surface area (Å²) in [5.74, 6) is 0.344. The molecule has 132 valence electrons. The van der Waals surface area contributed by atoms with Crippen LogP contribution >= 0.6 is 0 Å². The van der Waals surface area contributed by atoms with Gasteiger partial charge in [-0.05, 0) is 43.2 Å². The number of aryl methyl sites for hydroxylation is 2. The summed E-state index contributed by atoms with van der Waals surface area (Å²) < 4.78 is 7.93. The normalized spacial score (nSPS) is 18.5. The second-order valence-corrected chi connectivity index (χ2v) is 7.57. The van der Waals surface area contributed by atoms with Crippen LogP contribution in [0, 0.1) is 13.8 Å². The van der Waals surface area contributed by atoms with Crippen LogP contribution in [0.4, 0.5) is 0 Å². The topological polar surface area (TPSA) is 13.1 Å². The molecule has 0 radical (unpaired) electrons. The van der Waals surface area contributed by atoms with Gasteiger partial charge in [0, 0.05) is 36.1 Å². The van der Waals surface area contributed by atoms with Gasteiger partial charge in [0.15, 0.2) is 6.04 Å². The van der Waals surface area contributed by atoms with Crippen LogP contribution in [0.2, 0.25) is 0 Å². The molecule has 2 heteroatoms. The summed E-state index contributed by atoms with van der Waals surface area (Å²) in [6.45, 7) is 11.6. The van der Waals surface area contributed by atoms with Crippen LogP contribution in [0.5, 0.6) is 0 Å². The molecule has 2 nitrogen and oxygen atoms in total. The minimum absolute atomic E-state index is 0.186. The number of aromatic nitrogens is 1. The number of fused-ring (bicyclic) bond motifs is 5. The molecule has 0 saturated carbocycles. The van der Waals surface area contributed by atoms with Gasteiger partial charge in [-0.15, -0.1) is 0 Å². The molecule has 0 N–H and O–H groups in total. The standard InChI is InChI=1S/C24H26NO/c1-15-7-10-20-18(4)24(17(3)14-26-5)25-22(21(20)12-15)11-9-19-8-6-16(2)13-23(19)25/h6-13,18,24H,3,14H2,1-2,4-5H3/q+1. The average Bonchev–Trinajstić information content (AvgIpc) is 2.61. The second kappa shape index (κ2) is 6.37. The maximum absolute atomic E-state index is 5.45. The molecule has 3 aromatic rings. The quantitative estimate of drug-likeness (QED) is 0.466. The molecule has 4 rings (SSSR count). The first-order valence-electron chi connectivity index (χ1n) is 9.23. The van der Waals surface area contributed by atoms with Gasteiger partial charge in [-0.1, -0.05) is 37.3 Å². The van der Waals surface area contributed by atoms with E-state index in [4.69, 9.17) is 4.74 Å². The number of methoxy groups -OCH3 is 1. The largest absolute Gasteiger partial charge is 0.380 e. The fourth-order valence-corrected chi connectivity index (χ4v) is 4.39. The predicted octanol–water partition coefficient (Wildman–Crippen LogP) is 5.27. The van der Waals surface area contributed by atoms with Crippen molar-refractivity contribution in [3.63, 3.8) is 0 Å². The van der Waals surface area contributed by atoms with Gasteiger partial charge in [0.25, 0.3) is 0 Å². The summed E-state index contributed by atoms with van der Waals surface area (Å²) in [4.78, 5) is 0. The van der Waals surface area contributed by atoms with E-state index in [1.54, 1.807) is 7.11 Å². The van der Waals surface area contributed by atoms with Crippen LogP contribution in [-0.4, -0.2) is 13.7 Å². The molecule has 2 aromatic carbocycles. The molecule has 2 unspecified atom stereocenters. The van der Waals surface area contributed by atoms with Gasteiger partial charge >= 0.3 is 0 Å². The van der Waals surface area contributed by atoms with Crippen molar-refractivity contribution in [1.29, 1.82) is 0 Å². The SMILES string of the molecule is C=C(COC)C1C(C)c2ccc(C)cc2-c2ccc3ccc(C)cc3[n+]21. The average molecular weight is 344 g/mol. The summed E-state index contributed by atoms with van der Waals surface area (Å²) in [5, 5.41) is 1.26. The Morgan fingerprint density at radius 1 is 1.04 bits per heavy atom. The van der Waals surface area contributed by atoms with E-state index in [1.165, 1.54) is 38.9 Å². The fraction of sp³-hybridized carbons (Fsp3) is 0.292. The van der Waals surface area contributed by atoms with Crippen LogP contribution in [-0.2, 0) is 4.74 Å². The molecule has 1 aliphatic rings. The van der Waals surface area contributed by atoms with Gasteiger partial charge in [-0.3, -0.25) is 0 Å². The van der Waals surface area contributed by atoms with Crippen LogP contribution in [0.15, 0.2) is 60.7 Å². The van der Waals surface area contributed by atoms with Gasteiger partial charge in [-0.25, -0.2) is 0 Å². The summed E-state index contributed by atoms with van der Waals surface area (Å²) in [6.07, 6.45) is 0. The van der Waals surface area contributed by atoms with Crippen LogP contribution in [0.1, 0.15) is 35.6 Å². The Balaban J connectivity index is 2.08. The third-order valence-corrected chi connectivity index (χ3v) is 5.60. The lowest BCUT2D eigenvalue weighted by Gasteiger charge is -2.30. The lowest BCUT2D eigenvalue weighted by atomic mass is 9.80. The number of nitrogens with zero attached hydrogens (tertiary/aromatic N) is 1. The molecular weight excluding hydrogens is 318 g/mol. The van der Waals surface area contributed by atoms with Gasteiger partial charge in [0.1, 0.15) is 0 Å². The number of benzene rings is 2. The van der Waals surface area contributed by atoms with Gasteiger partial charge in [-0.2, -0.15) is 4.57 Å². The number of rotatable bonds is 3. The Bertz CT molecular complexity index is 1020. The highest BCUT2D eigenvalue weighted by Crippen LogP contribution is 2.42. The molecule has 0 fully saturated rings. The van der Waals surface area contributed by atoms with Crippen LogP contribution in [0.25, 0.3) is 22.2 Å². The van der Waals surface area contributed by atoms with Crippen molar-refractivity contribution in [2.45, 2.75) is 32.7 Å². The Morgan fingerprint density at radius 3 is 2.50 bits per heavy atom. The highest BCUT2D eigenvalue weighted by Gasteiger charge is 2.40. The molecular formula is C24H26NO+. The van der Waals surface area contributed by atoms with E-state index in [2.05, 4.69) is 80.4 Å². The Kier molecular flexibility index (Phi) is 4.16. The molecule has 0 spiro atoms. The van der Waals surface area contributed by atoms with E-state index < -0.39 is 0 Å². The lowest BCUT2D eigenvalue weighted by Crippen LogP contribution is -2.49. The molecule has 0 saturated heterocycles. The van der Waals surface area contributed by atoms with Crippen LogP contribution in [0.3, 0.4) is 0 Å². The molecule has 26 heavy (non-hydrogen) atoms. The lowest BCUT2D eigenvalue weighted by molar-refractivity contribution is -0.684. The first kappa shape index (κ1) is 17.0. The van der Waals surface area contributed by atoms with Crippen molar-refractivity contribution in [3.05, 3.63) is 77.4 Å². The minimum atomic E-state index is 0.186. The molecule has 0 bridgehead atoms. The van der Waals surface area contributed by atoms with Gasteiger partial charge < -0.3 is 4.74 Å². The van der Waals surface area contributed by atoms with Crippen molar-refractivity contribution < 1.29 is 9.30 Å². The van der Waals surface area contributed by atoms with E-state index in [-0.39, 0.29) is 6.04 Å². The van der Waals surface area contributed by atoms with Crippen molar-refractivity contribution in [1.82, 2.24) is 0 Å². The van der Waals surface area contributed by atoms with E-state index in [0.29, 0.717) is 12.5 Å². The maximum atomic E-state index is 5.45. The Labute approximate surface area is 155 Å². The van der Waals surface area contributed by atoms with E-state index in [1.807, 2.05) is 0 Å². The monoisotopic (exact) mass is 344 g/mol.